The molecule has 1 saturated heterocycles. The van der Waals surface area contributed by atoms with Gasteiger partial charge in [0.1, 0.15) is 0 Å². The van der Waals surface area contributed by atoms with E-state index in [4.69, 9.17) is 9.47 Å². The third-order valence-electron chi connectivity index (χ3n) is 5.34. The summed E-state index contributed by atoms with van der Waals surface area (Å²) in [7, 11) is -1.17. The molecule has 0 N–H and O–H groups in total. The monoisotopic (exact) mass is 393 g/mol. The summed E-state index contributed by atoms with van der Waals surface area (Å²) in [5.41, 5.74) is 1.68. The molecule has 146 valence electrons. The van der Waals surface area contributed by atoms with E-state index in [2.05, 4.69) is 0 Å². The van der Waals surface area contributed by atoms with Gasteiger partial charge in [-0.05, 0) is 18.4 Å². The third kappa shape index (κ3) is 3.51. The highest BCUT2D eigenvalue weighted by molar-refractivity contribution is 7.88. The second-order valence-electron chi connectivity index (χ2n) is 6.86. The van der Waals surface area contributed by atoms with Gasteiger partial charge in [-0.15, -0.1) is 0 Å². The van der Waals surface area contributed by atoms with Crippen LogP contribution in [0.2, 0.25) is 0 Å². The number of rotatable bonds is 4. The minimum Gasteiger partial charge on any atom is -0.469 e. The number of nitrogens with zero attached hydrogens (tertiary/aromatic N) is 1. The Hall–Kier alpha value is -2.19. The molecule has 4 atom stereocenters. The molecule has 0 unspecified atom stereocenters. The fraction of sp³-hybridized carbons (Fsp3) is 0.474. The lowest BCUT2D eigenvalue weighted by atomic mass is 9.76. The Bertz CT molecular complexity index is 863. The number of carbonyl (C=O) groups excluding carboxylic acids is 2. The van der Waals surface area contributed by atoms with Crippen molar-refractivity contribution in [2.75, 3.05) is 20.5 Å². The molecule has 1 aliphatic heterocycles. The van der Waals surface area contributed by atoms with E-state index < -0.39 is 45.9 Å². The summed E-state index contributed by atoms with van der Waals surface area (Å²) in [5, 5.41) is 0. The summed E-state index contributed by atoms with van der Waals surface area (Å²) in [6, 6.07) is 8.11. The van der Waals surface area contributed by atoms with Gasteiger partial charge in [0.2, 0.25) is 10.0 Å². The van der Waals surface area contributed by atoms with Crippen LogP contribution >= 0.6 is 0 Å². The van der Waals surface area contributed by atoms with Crippen LogP contribution in [0.3, 0.4) is 0 Å². The van der Waals surface area contributed by atoms with Crippen molar-refractivity contribution in [3.8, 4) is 0 Å². The van der Waals surface area contributed by atoms with Crippen LogP contribution in [0.5, 0.6) is 0 Å². The van der Waals surface area contributed by atoms with Gasteiger partial charge in [0.05, 0.1) is 44.4 Å². The predicted molar refractivity (Wildman–Crippen MR) is 98.0 cm³/mol. The molecular weight excluding hydrogens is 370 g/mol. The molecule has 0 radical (unpaired) electrons. The number of methoxy groups -OCH3 is 2. The number of fused-ring (bicyclic) bond motifs is 1. The molecule has 0 saturated carbocycles. The largest absolute Gasteiger partial charge is 0.469 e. The lowest BCUT2D eigenvalue weighted by Gasteiger charge is -2.37. The molecule has 0 spiro atoms. The lowest BCUT2D eigenvalue weighted by molar-refractivity contribution is -0.159. The highest BCUT2D eigenvalue weighted by Gasteiger charge is 2.54. The van der Waals surface area contributed by atoms with E-state index in [0.717, 1.165) is 17.4 Å². The van der Waals surface area contributed by atoms with Gasteiger partial charge in [-0.1, -0.05) is 42.0 Å². The van der Waals surface area contributed by atoms with Gasteiger partial charge >= 0.3 is 11.9 Å². The lowest BCUT2D eigenvalue weighted by Crippen LogP contribution is -2.50. The Balaban J connectivity index is 2.12. The average molecular weight is 393 g/mol. The van der Waals surface area contributed by atoms with Crippen molar-refractivity contribution in [1.82, 2.24) is 4.31 Å². The van der Waals surface area contributed by atoms with E-state index in [9.17, 15) is 18.0 Å². The van der Waals surface area contributed by atoms with Crippen LogP contribution in [0.25, 0.3) is 0 Å². The standard InChI is InChI=1S/C19H23NO6S/c1-25-18(21)14-10-9-13-11-15(12-7-5-4-6-8-12)20(27(3,23)24)17(13)16(14)19(22)26-2/h4-9,14-17H,10-11H2,1-3H3/t14-,15-,16+,17-/m1/s1. The molecule has 7 nitrogen and oxygen atoms in total. The molecule has 1 fully saturated rings. The zero-order valence-electron chi connectivity index (χ0n) is 15.5. The van der Waals surface area contributed by atoms with Gasteiger partial charge in [0.15, 0.2) is 0 Å². The summed E-state index contributed by atoms with van der Waals surface area (Å²) in [6.45, 7) is 0. The molecule has 0 bridgehead atoms. The number of hydrogen-bond acceptors (Lipinski definition) is 6. The predicted octanol–water partition coefficient (Wildman–Crippen LogP) is 1.67. The molecular formula is C19H23NO6S. The fourth-order valence-corrected chi connectivity index (χ4v) is 5.57. The Morgan fingerprint density at radius 3 is 2.26 bits per heavy atom. The number of benzene rings is 1. The summed E-state index contributed by atoms with van der Waals surface area (Å²) in [6.07, 6.45) is 3.79. The van der Waals surface area contributed by atoms with Crippen molar-refractivity contribution in [3.63, 3.8) is 0 Å². The highest BCUT2D eigenvalue weighted by Crippen LogP contribution is 2.49. The van der Waals surface area contributed by atoms with Crippen molar-refractivity contribution >= 4 is 22.0 Å². The van der Waals surface area contributed by atoms with Crippen LogP contribution in [0.4, 0.5) is 0 Å². The maximum absolute atomic E-state index is 12.7. The first-order valence-corrected chi connectivity index (χ1v) is 10.5. The summed E-state index contributed by atoms with van der Waals surface area (Å²) in [5.74, 6) is -2.87. The van der Waals surface area contributed by atoms with Crippen LogP contribution < -0.4 is 0 Å². The fourth-order valence-electron chi connectivity index (χ4n) is 4.23. The first kappa shape index (κ1) is 19.6. The van der Waals surface area contributed by atoms with Gasteiger partial charge in [0, 0.05) is 0 Å². The zero-order valence-corrected chi connectivity index (χ0v) is 16.3. The first-order chi connectivity index (χ1) is 12.8. The van der Waals surface area contributed by atoms with Gasteiger partial charge in [-0.3, -0.25) is 9.59 Å². The van der Waals surface area contributed by atoms with Gasteiger partial charge < -0.3 is 9.47 Å². The summed E-state index contributed by atoms with van der Waals surface area (Å²) in [4.78, 5) is 24.8. The number of hydrogen-bond donors (Lipinski definition) is 0. The van der Waals surface area contributed by atoms with Crippen LogP contribution in [-0.4, -0.2) is 51.2 Å². The first-order valence-electron chi connectivity index (χ1n) is 8.67. The molecule has 1 heterocycles. The van der Waals surface area contributed by atoms with Crippen molar-refractivity contribution in [1.29, 1.82) is 0 Å². The number of sulfonamides is 1. The van der Waals surface area contributed by atoms with Crippen molar-refractivity contribution in [3.05, 3.63) is 47.5 Å². The second-order valence-corrected chi connectivity index (χ2v) is 8.75. The smallest absolute Gasteiger partial charge is 0.311 e. The Morgan fingerprint density at radius 2 is 1.70 bits per heavy atom. The van der Waals surface area contributed by atoms with Gasteiger partial charge in [0.25, 0.3) is 0 Å². The Kier molecular flexibility index (Phi) is 5.39. The van der Waals surface area contributed by atoms with Crippen LogP contribution in [0, 0.1) is 11.8 Å². The minimum absolute atomic E-state index is 0.317. The van der Waals surface area contributed by atoms with Crippen molar-refractivity contribution in [2.45, 2.75) is 24.9 Å². The average Bonchev–Trinajstić information content (AvgIpc) is 3.06. The van der Waals surface area contributed by atoms with Crippen LogP contribution in [0.15, 0.2) is 42.0 Å². The number of carbonyl (C=O) groups is 2. The maximum atomic E-state index is 12.7. The van der Waals surface area contributed by atoms with Crippen molar-refractivity contribution < 1.29 is 27.5 Å². The van der Waals surface area contributed by atoms with Gasteiger partial charge in [-0.25, -0.2) is 8.42 Å². The number of ether oxygens (including phenoxy) is 2. The maximum Gasteiger partial charge on any atom is 0.311 e. The summed E-state index contributed by atoms with van der Waals surface area (Å²) < 4.78 is 36.5. The van der Waals surface area contributed by atoms with E-state index in [1.165, 1.54) is 18.5 Å². The van der Waals surface area contributed by atoms with E-state index in [1.807, 2.05) is 36.4 Å². The summed E-state index contributed by atoms with van der Waals surface area (Å²) >= 11 is 0. The molecule has 0 amide bonds. The minimum atomic E-state index is -3.67. The number of esters is 2. The molecule has 27 heavy (non-hydrogen) atoms. The Morgan fingerprint density at radius 1 is 1.07 bits per heavy atom. The topological polar surface area (TPSA) is 90.0 Å². The second kappa shape index (κ2) is 7.44. The molecule has 2 aliphatic rings. The SMILES string of the molecule is COC(=O)[C@@H]1[C@H]2C(=CC[C@H]1C(=O)OC)C[C@H](c1ccccc1)N2S(C)(=O)=O. The van der Waals surface area contributed by atoms with Gasteiger partial charge in [-0.2, -0.15) is 4.31 Å². The molecule has 0 aromatic heterocycles. The van der Waals surface area contributed by atoms with Crippen LogP contribution in [0.1, 0.15) is 24.4 Å². The molecule has 1 aromatic rings. The van der Waals surface area contributed by atoms with Crippen LogP contribution in [-0.2, 0) is 29.1 Å². The Labute approximate surface area is 159 Å². The molecule has 3 rings (SSSR count). The third-order valence-corrected chi connectivity index (χ3v) is 6.59. The highest BCUT2D eigenvalue weighted by atomic mass is 32.2. The number of allylic oxidation sites excluding steroid dienone is 1. The normalized spacial score (nSPS) is 28.2. The van der Waals surface area contributed by atoms with Crippen molar-refractivity contribution in [2.24, 2.45) is 11.8 Å². The van der Waals surface area contributed by atoms with E-state index in [0.29, 0.717) is 12.8 Å². The van der Waals surface area contributed by atoms with E-state index in [1.54, 1.807) is 0 Å². The van der Waals surface area contributed by atoms with E-state index in [-0.39, 0.29) is 0 Å². The van der Waals surface area contributed by atoms with E-state index >= 15 is 0 Å². The molecule has 1 aromatic carbocycles. The quantitative estimate of drug-likeness (QED) is 0.571. The molecule has 8 heteroatoms. The molecule has 1 aliphatic carbocycles. The zero-order chi connectivity index (χ0) is 19.8.